The lowest BCUT2D eigenvalue weighted by molar-refractivity contribution is 0.575. The summed E-state index contributed by atoms with van der Waals surface area (Å²) in [4.78, 5) is 4.51. The molecule has 1 heterocycles. The molecule has 0 amide bonds. The zero-order chi connectivity index (χ0) is 10.4. The van der Waals surface area contributed by atoms with Gasteiger partial charge in [0, 0.05) is 11.8 Å². The van der Waals surface area contributed by atoms with E-state index in [9.17, 15) is 0 Å². The number of amidine groups is 1. The molecule has 1 atom stereocenters. The topological polar surface area (TPSA) is 24.4 Å². The van der Waals surface area contributed by atoms with Crippen molar-refractivity contribution in [1.29, 1.82) is 0 Å². The van der Waals surface area contributed by atoms with Crippen LogP contribution in [0.1, 0.15) is 40.0 Å². The van der Waals surface area contributed by atoms with Crippen LogP contribution >= 0.6 is 11.8 Å². The third kappa shape index (κ3) is 4.36. The number of hydrogen-bond donors (Lipinski definition) is 1. The molecule has 3 heteroatoms. The van der Waals surface area contributed by atoms with Crippen molar-refractivity contribution in [2.24, 2.45) is 10.9 Å². The third-order valence-electron chi connectivity index (χ3n) is 2.26. The molecule has 0 aromatic heterocycles. The molecule has 0 aromatic rings. The van der Waals surface area contributed by atoms with Gasteiger partial charge in [-0.2, -0.15) is 0 Å². The van der Waals surface area contributed by atoms with Crippen molar-refractivity contribution in [3.63, 3.8) is 0 Å². The normalized spacial score (nSPS) is 21.4. The van der Waals surface area contributed by atoms with Crippen LogP contribution in [0.15, 0.2) is 4.99 Å². The summed E-state index contributed by atoms with van der Waals surface area (Å²) in [5, 5.41) is 5.29. The molecular weight excluding hydrogens is 192 g/mol. The molecule has 0 saturated carbocycles. The first-order chi connectivity index (χ1) is 6.72. The zero-order valence-corrected chi connectivity index (χ0v) is 10.4. The molecule has 1 unspecified atom stereocenters. The zero-order valence-electron chi connectivity index (χ0n) is 9.55. The molecule has 0 fully saturated rings. The van der Waals surface area contributed by atoms with Crippen molar-refractivity contribution in [2.75, 3.05) is 13.1 Å². The van der Waals surface area contributed by atoms with Crippen molar-refractivity contribution >= 4 is 16.9 Å². The Morgan fingerprint density at radius 3 is 3.00 bits per heavy atom. The predicted molar refractivity (Wildman–Crippen MR) is 66.0 cm³/mol. The number of hydrogen-bond acceptors (Lipinski definition) is 3. The van der Waals surface area contributed by atoms with Crippen LogP contribution in [0.4, 0.5) is 0 Å². The maximum atomic E-state index is 4.51. The van der Waals surface area contributed by atoms with E-state index in [4.69, 9.17) is 0 Å². The van der Waals surface area contributed by atoms with Crippen LogP contribution in [0.3, 0.4) is 0 Å². The largest absolute Gasteiger partial charge is 0.365 e. The number of nitrogens with one attached hydrogen (secondary N) is 1. The fourth-order valence-electron chi connectivity index (χ4n) is 1.54. The Morgan fingerprint density at radius 1 is 1.57 bits per heavy atom. The van der Waals surface area contributed by atoms with Crippen LogP contribution in [0.2, 0.25) is 0 Å². The fourth-order valence-corrected chi connectivity index (χ4v) is 2.82. The molecule has 1 aliphatic heterocycles. The summed E-state index contributed by atoms with van der Waals surface area (Å²) in [6, 6.07) is 0. The van der Waals surface area contributed by atoms with E-state index in [-0.39, 0.29) is 0 Å². The van der Waals surface area contributed by atoms with Crippen molar-refractivity contribution in [1.82, 2.24) is 5.32 Å². The molecule has 14 heavy (non-hydrogen) atoms. The van der Waals surface area contributed by atoms with Gasteiger partial charge in [0.25, 0.3) is 0 Å². The molecule has 1 aliphatic rings. The molecule has 0 radical (unpaired) electrons. The van der Waals surface area contributed by atoms with Gasteiger partial charge in [0.15, 0.2) is 5.17 Å². The van der Waals surface area contributed by atoms with E-state index in [1.165, 1.54) is 24.4 Å². The average Bonchev–Trinajstić information content (AvgIpc) is 2.52. The highest BCUT2D eigenvalue weighted by atomic mass is 32.2. The van der Waals surface area contributed by atoms with Crippen molar-refractivity contribution in [3.8, 4) is 0 Å². The van der Waals surface area contributed by atoms with Crippen molar-refractivity contribution in [2.45, 2.75) is 45.3 Å². The van der Waals surface area contributed by atoms with E-state index in [1.807, 2.05) is 11.8 Å². The molecule has 2 nitrogen and oxygen atoms in total. The standard InChI is InChI=1S/C11H22N2S/c1-4-5-6-12-11-13-8-10(14-11)7-9(2)3/h9-10H,4-8H2,1-3H3,(H,12,13). The van der Waals surface area contributed by atoms with Crippen LogP contribution in [0, 0.1) is 5.92 Å². The monoisotopic (exact) mass is 214 g/mol. The van der Waals surface area contributed by atoms with Gasteiger partial charge in [0.1, 0.15) is 0 Å². The second kappa shape index (κ2) is 6.33. The van der Waals surface area contributed by atoms with Gasteiger partial charge in [-0.25, -0.2) is 0 Å². The first-order valence-electron chi connectivity index (χ1n) is 5.67. The van der Waals surface area contributed by atoms with Gasteiger partial charge >= 0.3 is 0 Å². The first-order valence-corrected chi connectivity index (χ1v) is 6.55. The predicted octanol–water partition coefficient (Wildman–Crippen LogP) is 2.89. The summed E-state index contributed by atoms with van der Waals surface area (Å²) in [7, 11) is 0. The maximum Gasteiger partial charge on any atom is 0.156 e. The van der Waals surface area contributed by atoms with Gasteiger partial charge in [-0.15, -0.1) is 0 Å². The fraction of sp³-hybridized carbons (Fsp3) is 0.909. The van der Waals surface area contributed by atoms with Crippen molar-refractivity contribution in [3.05, 3.63) is 0 Å². The summed E-state index contributed by atoms with van der Waals surface area (Å²) in [6.45, 7) is 8.87. The van der Waals surface area contributed by atoms with E-state index >= 15 is 0 Å². The Morgan fingerprint density at radius 2 is 2.36 bits per heavy atom. The highest BCUT2D eigenvalue weighted by Gasteiger charge is 2.19. The van der Waals surface area contributed by atoms with E-state index in [0.717, 1.165) is 24.3 Å². The quantitative estimate of drug-likeness (QED) is 0.712. The van der Waals surface area contributed by atoms with Crippen LogP contribution in [0.25, 0.3) is 0 Å². The van der Waals surface area contributed by atoms with Crippen LogP contribution in [-0.2, 0) is 0 Å². The molecule has 1 rings (SSSR count). The molecule has 0 saturated heterocycles. The maximum absolute atomic E-state index is 4.51. The molecule has 0 aromatic carbocycles. The van der Waals surface area contributed by atoms with Crippen LogP contribution < -0.4 is 5.32 Å². The Hall–Kier alpha value is -0.180. The van der Waals surface area contributed by atoms with E-state index < -0.39 is 0 Å². The van der Waals surface area contributed by atoms with Crippen LogP contribution in [0.5, 0.6) is 0 Å². The lowest BCUT2D eigenvalue weighted by Gasteiger charge is -2.10. The molecule has 1 N–H and O–H groups in total. The molecule has 0 spiro atoms. The SMILES string of the molecule is CCCCNC1=NCC(CC(C)C)S1. The van der Waals surface area contributed by atoms with E-state index in [1.54, 1.807) is 0 Å². The summed E-state index contributed by atoms with van der Waals surface area (Å²) in [5.41, 5.74) is 0. The second-order valence-electron chi connectivity index (χ2n) is 4.30. The average molecular weight is 214 g/mol. The lowest BCUT2D eigenvalue weighted by Crippen LogP contribution is -2.20. The molecule has 0 aliphatic carbocycles. The van der Waals surface area contributed by atoms with E-state index in [0.29, 0.717) is 0 Å². The van der Waals surface area contributed by atoms with Crippen molar-refractivity contribution < 1.29 is 0 Å². The van der Waals surface area contributed by atoms with Gasteiger partial charge in [-0.05, 0) is 18.8 Å². The Bertz CT molecular complexity index is 190. The van der Waals surface area contributed by atoms with E-state index in [2.05, 4.69) is 31.1 Å². The number of rotatable bonds is 5. The molecule has 82 valence electrons. The smallest absolute Gasteiger partial charge is 0.156 e. The Balaban J connectivity index is 2.12. The summed E-state index contributed by atoms with van der Waals surface area (Å²) in [6.07, 6.45) is 3.78. The van der Waals surface area contributed by atoms with Gasteiger partial charge < -0.3 is 5.32 Å². The van der Waals surface area contributed by atoms with Gasteiger partial charge in [-0.1, -0.05) is 39.0 Å². The first kappa shape index (κ1) is 11.9. The summed E-state index contributed by atoms with van der Waals surface area (Å²) in [5.74, 6) is 0.790. The summed E-state index contributed by atoms with van der Waals surface area (Å²) >= 11 is 1.93. The Kier molecular flexibility index (Phi) is 5.38. The third-order valence-corrected chi connectivity index (χ3v) is 3.43. The van der Waals surface area contributed by atoms with Gasteiger partial charge in [0.05, 0.1) is 6.54 Å². The number of nitrogens with zero attached hydrogens (tertiary/aromatic N) is 1. The highest BCUT2D eigenvalue weighted by Crippen LogP contribution is 2.25. The summed E-state index contributed by atoms with van der Waals surface area (Å²) < 4.78 is 0. The number of thioether (sulfide) groups is 1. The van der Waals surface area contributed by atoms with Crippen LogP contribution in [-0.4, -0.2) is 23.5 Å². The number of aliphatic imine (C=N–C) groups is 1. The highest BCUT2D eigenvalue weighted by molar-refractivity contribution is 8.14. The molecule has 0 bridgehead atoms. The lowest BCUT2D eigenvalue weighted by atomic mass is 10.1. The molecular formula is C11H22N2S. The number of unbranched alkanes of at least 4 members (excludes halogenated alkanes) is 1. The van der Waals surface area contributed by atoms with Gasteiger partial charge in [-0.3, -0.25) is 4.99 Å². The Labute approximate surface area is 92.0 Å². The minimum Gasteiger partial charge on any atom is -0.365 e. The minimum absolute atomic E-state index is 0.721. The second-order valence-corrected chi connectivity index (χ2v) is 5.58. The minimum atomic E-state index is 0.721. The van der Waals surface area contributed by atoms with Gasteiger partial charge in [0.2, 0.25) is 0 Å².